The molecule has 4 heterocycles. The fourth-order valence-corrected chi connectivity index (χ4v) is 5.89. The van der Waals surface area contributed by atoms with Crippen LogP contribution in [0.15, 0.2) is 35.6 Å². The quantitative estimate of drug-likeness (QED) is 0.440. The number of rotatable bonds is 6. The highest BCUT2D eigenvalue weighted by Gasteiger charge is 2.47. The van der Waals surface area contributed by atoms with Crippen LogP contribution in [-0.4, -0.2) is 103 Å². The summed E-state index contributed by atoms with van der Waals surface area (Å²) in [6.07, 6.45) is -6.50. The number of nitrogens with zero attached hydrogens (tertiary/aromatic N) is 5. The van der Waals surface area contributed by atoms with Crippen LogP contribution in [0.4, 0.5) is 18.0 Å². The van der Waals surface area contributed by atoms with Gasteiger partial charge in [0.15, 0.2) is 0 Å². The molecule has 1 amide bonds. The van der Waals surface area contributed by atoms with Crippen LogP contribution in [0.25, 0.3) is 11.3 Å². The summed E-state index contributed by atoms with van der Waals surface area (Å²) in [7, 11) is 0. The van der Waals surface area contributed by atoms with Gasteiger partial charge < -0.3 is 34.5 Å². The van der Waals surface area contributed by atoms with Crippen molar-refractivity contribution in [2.75, 3.05) is 19.7 Å². The molecular formula is C29H38F3N5O7. The molecule has 0 spiro atoms. The predicted molar refractivity (Wildman–Crippen MR) is 149 cm³/mol. The number of carbonyl (C=O) groups excluding carboxylic acids is 1. The van der Waals surface area contributed by atoms with Crippen molar-refractivity contribution in [2.45, 2.75) is 94.8 Å². The third-order valence-corrected chi connectivity index (χ3v) is 8.16. The molecule has 15 heteroatoms. The maximum Gasteiger partial charge on any atom is 0.416 e. The zero-order chi connectivity index (χ0) is 31.8. The van der Waals surface area contributed by atoms with Gasteiger partial charge >= 0.3 is 12.3 Å². The second-order valence-electron chi connectivity index (χ2n) is 12.5. The number of piperidine rings is 1. The third kappa shape index (κ3) is 7.16. The van der Waals surface area contributed by atoms with Gasteiger partial charge in [0, 0.05) is 37.4 Å². The van der Waals surface area contributed by atoms with E-state index in [4.69, 9.17) is 14.3 Å². The minimum absolute atomic E-state index is 0.119. The Morgan fingerprint density at radius 3 is 2.48 bits per heavy atom. The zero-order valence-corrected chi connectivity index (χ0v) is 24.7. The Labute approximate surface area is 252 Å². The largest absolute Gasteiger partial charge is 0.444 e. The van der Waals surface area contributed by atoms with Gasteiger partial charge in [0.2, 0.25) is 0 Å². The first kappa shape index (κ1) is 32.1. The number of hydrogen-bond acceptors (Lipinski definition) is 10. The molecule has 1 aromatic heterocycles. The van der Waals surface area contributed by atoms with Gasteiger partial charge in [-0.15, -0.1) is 5.10 Å². The number of alkyl halides is 3. The van der Waals surface area contributed by atoms with Crippen molar-refractivity contribution in [2.24, 2.45) is 11.1 Å². The standard InChI is InChI=1S/C29H38F3N5O7/c1-28(2,3)43-27(41)36-9-7-16(8-10-36)20-12-19(44-34-20)13-22-25(39)24(26(40)23(15-38)42-22)37-14-21(33-35-37)17-5-4-6-18(11-17)29(30,31)32/h4-6,11,14,16,19,22-26,38-40H,7-10,12-13,15H2,1-3H3/t19?,22-,23-,24-,25+,26+/m1/s1. The number of oxime groups is 1. The van der Waals surface area contributed by atoms with Crippen molar-refractivity contribution >= 4 is 11.8 Å². The van der Waals surface area contributed by atoms with Crippen molar-refractivity contribution in [1.82, 2.24) is 19.9 Å². The summed E-state index contributed by atoms with van der Waals surface area (Å²) in [5, 5.41) is 44.4. The highest BCUT2D eigenvalue weighted by molar-refractivity contribution is 5.88. The Morgan fingerprint density at radius 1 is 1.11 bits per heavy atom. The normalized spacial score (nSPS) is 28.5. The SMILES string of the molecule is CC(C)(C)OC(=O)N1CCC(C2=NOC(C[C@H]3O[C@H](CO)[C@H](O)[C@H](n4cc(-c5cccc(C(F)(F)F)c5)nn4)[C@H]3O)C2)CC1. The van der Waals surface area contributed by atoms with Crippen LogP contribution in [0.1, 0.15) is 58.1 Å². The maximum atomic E-state index is 13.2. The Kier molecular flexibility index (Phi) is 9.21. The first-order chi connectivity index (χ1) is 20.7. The fraction of sp³-hybridized carbons (Fsp3) is 0.655. The van der Waals surface area contributed by atoms with Gasteiger partial charge in [-0.05, 0) is 45.7 Å². The first-order valence-corrected chi connectivity index (χ1v) is 14.7. The topological polar surface area (TPSA) is 152 Å². The van der Waals surface area contributed by atoms with Gasteiger partial charge in [0.05, 0.1) is 30.2 Å². The van der Waals surface area contributed by atoms with Crippen molar-refractivity contribution in [3.05, 3.63) is 36.0 Å². The number of aromatic nitrogens is 3. The van der Waals surface area contributed by atoms with Crippen LogP contribution in [0.3, 0.4) is 0 Å². The highest BCUT2D eigenvalue weighted by atomic mass is 19.4. The van der Waals surface area contributed by atoms with Gasteiger partial charge in [-0.3, -0.25) is 0 Å². The molecule has 0 radical (unpaired) electrons. The number of likely N-dealkylation sites (tertiary alicyclic amines) is 1. The highest BCUT2D eigenvalue weighted by Crippen LogP contribution is 2.36. The van der Waals surface area contributed by atoms with E-state index in [1.807, 2.05) is 20.8 Å². The van der Waals surface area contributed by atoms with E-state index in [-0.39, 0.29) is 29.7 Å². The van der Waals surface area contributed by atoms with Crippen molar-refractivity contribution in [3.8, 4) is 11.3 Å². The molecule has 1 aromatic carbocycles. The van der Waals surface area contributed by atoms with Crippen molar-refractivity contribution in [3.63, 3.8) is 0 Å². The van der Waals surface area contributed by atoms with Crippen LogP contribution in [0.2, 0.25) is 0 Å². The van der Waals surface area contributed by atoms with E-state index in [1.165, 1.54) is 23.0 Å². The minimum atomic E-state index is -4.54. The Hall–Kier alpha value is -3.27. The number of aliphatic hydroxyl groups is 3. The smallest absolute Gasteiger partial charge is 0.416 e. The summed E-state index contributed by atoms with van der Waals surface area (Å²) in [6, 6.07) is 3.51. The average molecular weight is 626 g/mol. The van der Waals surface area contributed by atoms with Crippen LogP contribution >= 0.6 is 0 Å². The zero-order valence-electron chi connectivity index (χ0n) is 24.7. The lowest BCUT2D eigenvalue weighted by atomic mass is 9.86. The summed E-state index contributed by atoms with van der Waals surface area (Å²) >= 11 is 0. The molecule has 2 saturated heterocycles. The number of benzene rings is 1. The van der Waals surface area contributed by atoms with Gasteiger partial charge in [0.1, 0.15) is 41.8 Å². The Bertz CT molecular complexity index is 1340. The number of ether oxygens (including phenoxy) is 2. The predicted octanol–water partition coefficient (Wildman–Crippen LogP) is 3.17. The van der Waals surface area contributed by atoms with Gasteiger partial charge in [0.25, 0.3) is 0 Å². The molecular weight excluding hydrogens is 587 g/mol. The Balaban J connectivity index is 1.21. The van der Waals surface area contributed by atoms with Crippen LogP contribution < -0.4 is 0 Å². The lowest BCUT2D eigenvalue weighted by Crippen LogP contribution is -2.56. The van der Waals surface area contributed by atoms with E-state index < -0.39 is 60.5 Å². The maximum absolute atomic E-state index is 13.2. The van der Waals surface area contributed by atoms with Crippen LogP contribution in [0.5, 0.6) is 0 Å². The van der Waals surface area contributed by atoms with Gasteiger partial charge in [-0.25, -0.2) is 9.48 Å². The third-order valence-electron chi connectivity index (χ3n) is 8.16. The number of aliphatic hydroxyl groups excluding tert-OH is 3. The van der Waals surface area contributed by atoms with E-state index in [2.05, 4.69) is 15.5 Å². The average Bonchev–Trinajstić information content (AvgIpc) is 3.64. The van der Waals surface area contributed by atoms with E-state index in [1.54, 1.807) is 4.90 Å². The lowest BCUT2D eigenvalue weighted by molar-refractivity contribution is -0.212. The van der Waals surface area contributed by atoms with E-state index in [0.717, 1.165) is 17.8 Å². The van der Waals surface area contributed by atoms with Crippen molar-refractivity contribution < 1.29 is 47.6 Å². The molecule has 3 N–H and O–H groups in total. The van der Waals surface area contributed by atoms with E-state index >= 15 is 0 Å². The molecule has 0 aliphatic carbocycles. The molecule has 3 aliphatic rings. The summed E-state index contributed by atoms with van der Waals surface area (Å²) < 4.78 is 52.2. The Morgan fingerprint density at radius 2 is 1.82 bits per heavy atom. The number of hydrogen-bond donors (Lipinski definition) is 3. The molecule has 0 saturated carbocycles. The summed E-state index contributed by atoms with van der Waals surface area (Å²) in [5.41, 5.74) is -0.268. The minimum Gasteiger partial charge on any atom is -0.444 e. The molecule has 6 atom stereocenters. The molecule has 242 valence electrons. The molecule has 2 fully saturated rings. The second-order valence-corrected chi connectivity index (χ2v) is 12.5. The number of halogens is 3. The van der Waals surface area contributed by atoms with Gasteiger partial charge in [-0.1, -0.05) is 22.5 Å². The second kappa shape index (κ2) is 12.6. The molecule has 1 unspecified atom stereocenters. The number of carbonyl (C=O) groups is 1. The first-order valence-electron chi connectivity index (χ1n) is 14.7. The lowest BCUT2D eigenvalue weighted by Gasteiger charge is -2.42. The molecule has 5 rings (SSSR count). The molecule has 44 heavy (non-hydrogen) atoms. The summed E-state index contributed by atoms with van der Waals surface area (Å²) in [6.45, 7) is 6.00. The summed E-state index contributed by atoms with van der Waals surface area (Å²) in [4.78, 5) is 19.8. The monoisotopic (exact) mass is 625 g/mol. The molecule has 12 nitrogen and oxygen atoms in total. The van der Waals surface area contributed by atoms with Crippen LogP contribution in [-0.2, 0) is 20.5 Å². The molecule has 0 bridgehead atoms. The van der Waals surface area contributed by atoms with E-state index in [9.17, 15) is 33.3 Å². The fourth-order valence-electron chi connectivity index (χ4n) is 5.89. The molecule has 2 aromatic rings. The number of amides is 1. The molecule has 3 aliphatic heterocycles. The summed E-state index contributed by atoms with van der Waals surface area (Å²) in [5.74, 6) is 0.125. The van der Waals surface area contributed by atoms with Crippen molar-refractivity contribution in [1.29, 1.82) is 0 Å². The van der Waals surface area contributed by atoms with E-state index in [0.29, 0.717) is 32.4 Å². The van der Waals surface area contributed by atoms with Crippen LogP contribution in [0, 0.1) is 5.92 Å². The van der Waals surface area contributed by atoms with Gasteiger partial charge in [-0.2, -0.15) is 13.2 Å².